The Balaban J connectivity index is 1.91. The zero-order valence-corrected chi connectivity index (χ0v) is 11.0. The number of halogens is 3. The van der Waals surface area contributed by atoms with Gasteiger partial charge in [-0.05, 0) is 6.92 Å². The SMILES string of the molecule is CC(NC(=O)C1CC(=O)N(CC(F)(F)F)C1)c1nn[nH]n1. The number of hydrogen-bond donors (Lipinski definition) is 2. The van der Waals surface area contributed by atoms with E-state index < -0.39 is 36.5 Å². The second-order valence-corrected chi connectivity index (χ2v) is 4.79. The summed E-state index contributed by atoms with van der Waals surface area (Å²) in [5.41, 5.74) is 0. The number of nitrogens with zero attached hydrogens (tertiary/aromatic N) is 4. The first kappa shape index (κ1) is 15.2. The summed E-state index contributed by atoms with van der Waals surface area (Å²) >= 11 is 0. The van der Waals surface area contributed by atoms with E-state index in [2.05, 4.69) is 25.9 Å². The molecule has 2 atom stereocenters. The summed E-state index contributed by atoms with van der Waals surface area (Å²) in [7, 11) is 0. The van der Waals surface area contributed by atoms with Crippen molar-refractivity contribution in [3.63, 3.8) is 0 Å². The van der Waals surface area contributed by atoms with Gasteiger partial charge in [0.05, 0.1) is 12.0 Å². The zero-order chi connectivity index (χ0) is 15.6. The molecule has 116 valence electrons. The third kappa shape index (κ3) is 3.89. The van der Waals surface area contributed by atoms with Crippen molar-refractivity contribution in [3.05, 3.63) is 5.82 Å². The Labute approximate surface area is 117 Å². The van der Waals surface area contributed by atoms with Crippen LogP contribution in [0.1, 0.15) is 25.2 Å². The Bertz CT molecular complexity index is 517. The maximum Gasteiger partial charge on any atom is 0.406 e. The van der Waals surface area contributed by atoms with Crippen LogP contribution in [0.4, 0.5) is 13.2 Å². The standard InChI is InChI=1S/C10H13F3N6O2/c1-5(8-15-17-18-16-8)14-9(21)6-2-7(20)19(3-6)4-10(11,12)13/h5-6H,2-4H2,1H3,(H,14,21)(H,15,16,17,18). The molecular formula is C10H13F3N6O2. The number of nitrogens with one attached hydrogen (secondary N) is 2. The van der Waals surface area contributed by atoms with Crippen molar-refractivity contribution in [1.82, 2.24) is 30.8 Å². The highest BCUT2D eigenvalue weighted by Gasteiger charge is 2.40. The Kier molecular flexibility index (Phi) is 4.09. The van der Waals surface area contributed by atoms with E-state index in [0.717, 1.165) is 0 Å². The molecule has 11 heteroatoms. The van der Waals surface area contributed by atoms with Crippen LogP contribution >= 0.6 is 0 Å². The maximum absolute atomic E-state index is 12.3. The molecule has 1 fully saturated rings. The predicted octanol–water partition coefficient (Wildman–Crippen LogP) is -0.212. The van der Waals surface area contributed by atoms with Gasteiger partial charge in [-0.2, -0.15) is 18.4 Å². The summed E-state index contributed by atoms with van der Waals surface area (Å²) in [5.74, 6) is -1.75. The predicted molar refractivity (Wildman–Crippen MR) is 61.5 cm³/mol. The van der Waals surface area contributed by atoms with Gasteiger partial charge in [0.2, 0.25) is 11.8 Å². The highest BCUT2D eigenvalue weighted by atomic mass is 19.4. The second-order valence-electron chi connectivity index (χ2n) is 4.79. The highest BCUT2D eigenvalue weighted by molar-refractivity contribution is 5.89. The third-order valence-corrected chi connectivity index (χ3v) is 3.06. The fraction of sp³-hybridized carbons (Fsp3) is 0.700. The number of amides is 2. The van der Waals surface area contributed by atoms with Crippen LogP contribution in [0.15, 0.2) is 0 Å². The molecule has 0 saturated carbocycles. The average Bonchev–Trinajstić information content (AvgIpc) is 2.98. The van der Waals surface area contributed by atoms with Gasteiger partial charge in [0.1, 0.15) is 6.54 Å². The zero-order valence-electron chi connectivity index (χ0n) is 11.0. The number of H-pyrrole nitrogens is 1. The number of aromatic amines is 1. The molecule has 1 aromatic heterocycles. The number of rotatable bonds is 4. The number of hydrogen-bond acceptors (Lipinski definition) is 5. The van der Waals surface area contributed by atoms with Crippen LogP contribution in [-0.4, -0.2) is 56.6 Å². The minimum atomic E-state index is -4.47. The van der Waals surface area contributed by atoms with E-state index in [1.54, 1.807) is 6.92 Å². The lowest BCUT2D eigenvalue weighted by atomic mass is 10.1. The van der Waals surface area contributed by atoms with Gasteiger partial charge in [-0.25, -0.2) is 0 Å². The molecule has 1 aromatic rings. The molecule has 21 heavy (non-hydrogen) atoms. The van der Waals surface area contributed by atoms with Gasteiger partial charge in [-0.15, -0.1) is 10.2 Å². The van der Waals surface area contributed by atoms with Crippen LogP contribution in [-0.2, 0) is 9.59 Å². The monoisotopic (exact) mass is 306 g/mol. The van der Waals surface area contributed by atoms with E-state index in [0.29, 0.717) is 4.90 Å². The van der Waals surface area contributed by atoms with Crippen LogP contribution in [0, 0.1) is 5.92 Å². The van der Waals surface area contributed by atoms with Crippen molar-refractivity contribution in [1.29, 1.82) is 0 Å². The average molecular weight is 306 g/mol. The topological polar surface area (TPSA) is 104 Å². The fourth-order valence-electron chi connectivity index (χ4n) is 2.07. The number of tetrazole rings is 1. The fourth-order valence-corrected chi connectivity index (χ4v) is 2.07. The van der Waals surface area contributed by atoms with Gasteiger partial charge in [0.25, 0.3) is 0 Å². The lowest BCUT2D eigenvalue weighted by Crippen LogP contribution is -2.38. The van der Waals surface area contributed by atoms with Crippen molar-refractivity contribution in [3.8, 4) is 0 Å². The summed E-state index contributed by atoms with van der Waals surface area (Å²) in [5, 5.41) is 15.5. The first-order valence-corrected chi connectivity index (χ1v) is 6.14. The quantitative estimate of drug-likeness (QED) is 0.801. The van der Waals surface area contributed by atoms with Crippen LogP contribution in [0.5, 0.6) is 0 Å². The van der Waals surface area contributed by atoms with Crippen molar-refractivity contribution in [2.24, 2.45) is 5.92 Å². The Hall–Kier alpha value is -2.20. The maximum atomic E-state index is 12.3. The number of alkyl halides is 3. The molecule has 2 N–H and O–H groups in total. The third-order valence-electron chi connectivity index (χ3n) is 3.06. The first-order chi connectivity index (χ1) is 9.76. The van der Waals surface area contributed by atoms with Gasteiger partial charge >= 0.3 is 6.18 Å². The largest absolute Gasteiger partial charge is 0.406 e. The summed E-state index contributed by atoms with van der Waals surface area (Å²) in [6.45, 7) is 0.0200. The number of aromatic nitrogens is 4. The lowest BCUT2D eigenvalue weighted by molar-refractivity contribution is -0.157. The van der Waals surface area contributed by atoms with E-state index in [9.17, 15) is 22.8 Å². The molecular weight excluding hydrogens is 293 g/mol. The molecule has 0 bridgehead atoms. The molecule has 0 aromatic carbocycles. The number of carbonyl (C=O) groups is 2. The van der Waals surface area contributed by atoms with E-state index in [-0.39, 0.29) is 18.8 Å². The molecule has 1 aliphatic rings. The molecule has 1 aliphatic heterocycles. The summed E-state index contributed by atoms with van der Waals surface area (Å²) < 4.78 is 36.9. The molecule has 2 rings (SSSR count). The van der Waals surface area contributed by atoms with Crippen LogP contribution in [0.2, 0.25) is 0 Å². The van der Waals surface area contributed by atoms with Crippen LogP contribution in [0.3, 0.4) is 0 Å². The van der Waals surface area contributed by atoms with E-state index in [4.69, 9.17) is 0 Å². The van der Waals surface area contributed by atoms with E-state index in [1.807, 2.05) is 0 Å². The molecule has 0 spiro atoms. The number of likely N-dealkylation sites (tertiary alicyclic amines) is 1. The molecule has 8 nitrogen and oxygen atoms in total. The minimum Gasteiger partial charge on any atom is -0.346 e. The summed E-state index contributed by atoms with van der Waals surface area (Å²) in [6.07, 6.45) is -4.71. The summed E-state index contributed by atoms with van der Waals surface area (Å²) in [4.78, 5) is 24.1. The van der Waals surface area contributed by atoms with Gasteiger partial charge in [0, 0.05) is 13.0 Å². The van der Waals surface area contributed by atoms with Crippen molar-refractivity contribution in [2.45, 2.75) is 25.6 Å². The van der Waals surface area contributed by atoms with Crippen molar-refractivity contribution in [2.75, 3.05) is 13.1 Å². The van der Waals surface area contributed by atoms with Crippen LogP contribution in [0.25, 0.3) is 0 Å². The summed E-state index contributed by atoms with van der Waals surface area (Å²) in [6, 6.07) is -0.553. The highest BCUT2D eigenvalue weighted by Crippen LogP contribution is 2.24. The molecule has 2 heterocycles. The molecule has 0 aliphatic carbocycles. The van der Waals surface area contributed by atoms with Gasteiger partial charge in [-0.3, -0.25) is 9.59 Å². The van der Waals surface area contributed by atoms with E-state index >= 15 is 0 Å². The minimum absolute atomic E-state index is 0.235. The molecule has 2 unspecified atom stereocenters. The molecule has 0 radical (unpaired) electrons. The molecule has 1 saturated heterocycles. The smallest absolute Gasteiger partial charge is 0.346 e. The van der Waals surface area contributed by atoms with Crippen molar-refractivity contribution < 1.29 is 22.8 Å². The normalized spacial score (nSPS) is 20.7. The first-order valence-electron chi connectivity index (χ1n) is 6.14. The van der Waals surface area contributed by atoms with Gasteiger partial charge in [0.15, 0.2) is 5.82 Å². The van der Waals surface area contributed by atoms with E-state index in [1.165, 1.54) is 0 Å². The van der Waals surface area contributed by atoms with Crippen LogP contribution < -0.4 is 5.32 Å². The lowest BCUT2D eigenvalue weighted by Gasteiger charge is -2.18. The molecule has 2 amide bonds. The van der Waals surface area contributed by atoms with Crippen molar-refractivity contribution >= 4 is 11.8 Å². The Morgan fingerprint density at radius 3 is 2.86 bits per heavy atom. The van der Waals surface area contributed by atoms with Gasteiger partial charge < -0.3 is 10.2 Å². The number of carbonyl (C=O) groups excluding carboxylic acids is 2. The second kappa shape index (κ2) is 5.66. The Morgan fingerprint density at radius 2 is 2.29 bits per heavy atom. The Morgan fingerprint density at radius 1 is 1.57 bits per heavy atom. The van der Waals surface area contributed by atoms with Gasteiger partial charge in [-0.1, -0.05) is 5.21 Å².